The van der Waals surface area contributed by atoms with Gasteiger partial charge in [-0.3, -0.25) is 0 Å². The fourth-order valence-electron chi connectivity index (χ4n) is 1.04. The Morgan fingerprint density at radius 3 is 2.71 bits per heavy atom. The van der Waals surface area contributed by atoms with Crippen LogP contribution in [0.3, 0.4) is 0 Å². The molecule has 0 saturated heterocycles. The monoisotopic (exact) mass is 224 g/mol. The Bertz CT molecular complexity index is 401. The maximum atomic E-state index is 3.93. The molecule has 0 aliphatic rings. The zero-order valence-electron chi connectivity index (χ0n) is 7.49. The average Bonchev–Trinajstić information content (AvgIpc) is 2.68. The molecule has 0 bridgehead atoms. The van der Waals surface area contributed by atoms with E-state index in [9.17, 15) is 0 Å². The van der Waals surface area contributed by atoms with Crippen molar-refractivity contribution >= 4 is 21.6 Å². The van der Waals surface area contributed by atoms with Gasteiger partial charge in [-0.05, 0) is 39.6 Å². The minimum Gasteiger partial charge on any atom is -0.187 e. The van der Waals surface area contributed by atoms with Crippen molar-refractivity contribution in [2.24, 2.45) is 0 Å². The molecule has 2 rings (SSSR count). The van der Waals surface area contributed by atoms with Crippen molar-refractivity contribution in [2.75, 3.05) is 6.26 Å². The van der Waals surface area contributed by atoms with Crippen LogP contribution in [-0.4, -0.2) is 26.5 Å². The van der Waals surface area contributed by atoms with Gasteiger partial charge >= 0.3 is 0 Å². The summed E-state index contributed by atoms with van der Waals surface area (Å²) < 4.78 is 1.72. The molecule has 0 aliphatic heterocycles. The lowest BCUT2D eigenvalue weighted by Crippen LogP contribution is -1.97. The van der Waals surface area contributed by atoms with E-state index in [1.54, 1.807) is 26.3 Å². The Balaban J connectivity index is 2.37. The highest BCUT2D eigenvalue weighted by Crippen LogP contribution is 2.26. The Labute approximate surface area is 89.5 Å². The van der Waals surface area contributed by atoms with E-state index >= 15 is 0 Å². The maximum Gasteiger partial charge on any atom is 0.224 e. The van der Waals surface area contributed by atoms with Crippen LogP contribution in [0.5, 0.6) is 0 Å². The van der Waals surface area contributed by atoms with Gasteiger partial charge in [0.1, 0.15) is 0 Å². The van der Waals surface area contributed by atoms with Crippen molar-refractivity contribution < 1.29 is 0 Å². The zero-order valence-corrected chi connectivity index (χ0v) is 9.13. The lowest BCUT2D eigenvalue weighted by Gasteiger charge is -2.00. The Kier molecular flexibility index (Phi) is 3.05. The fourth-order valence-corrected chi connectivity index (χ4v) is 2.23. The van der Waals surface area contributed by atoms with E-state index in [4.69, 9.17) is 0 Å². The van der Waals surface area contributed by atoms with Crippen LogP contribution in [-0.2, 0) is 0 Å². The van der Waals surface area contributed by atoms with Crippen LogP contribution in [0.4, 0.5) is 0 Å². The second kappa shape index (κ2) is 4.47. The standard InChI is InChI=1S/C8H8N4S2/c1-13-14-8-9-10-11-12(8)7-5-3-2-4-6-7/h2-6H,1H3. The van der Waals surface area contributed by atoms with E-state index in [0.29, 0.717) is 0 Å². The van der Waals surface area contributed by atoms with Crippen molar-refractivity contribution in [2.45, 2.75) is 5.16 Å². The lowest BCUT2D eigenvalue weighted by molar-refractivity contribution is 0.758. The first kappa shape index (κ1) is 9.54. The predicted molar refractivity (Wildman–Crippen MR) is 58.5 cm³/mol. The van der Waals surface area contributed by atoms with E-state index in [0.717, 1.165) is 10.8 Å². The summed E-state index contributed by atoms with van der Waals surface area (Å²) in [5.41, 5.74) is 0.981. The van der Waals surface area contributed by atoms with Crippen LogP contribution in [0.15, 0.2) is 35.5 Å². The number of rotatable bonds is 3. The summed E-state index contributed by atoms with van der Waals surface area (Å²) >= 11 is 0. The number of aromatic nitrogens is 4. The molecule has 0 N–H and O–H groups in total. The summed E-state index contributed by atoms with van der Waals surface area (Å²) in [6.45, 7) is 0. The lowest BCUT2D eigenvalue weighted by atomic mass is 10.3. The SMILES string of the molecule is CSSc1nnnn1-c1ccccc1. The molecule has 4 nitrogen and oxygen atoms in total. The van der Waals surface area contributed by atoms with Gasteiger partial charge in [0, 0.05) is 0 Å². The van der Waals surface area contributed by atoms with Gasteiger partial charge in [-0.15, -0.1) is 5.10 Å². The molecular formula is C8H8N4S2. The van der Waals surface area contributed by atoms with Gasteiger partial charge in [0.15, 0.2) is 0 Å². The fraction of sp³-hybridized carbons (Fsp3) is 0.125. The molecule has 72 valence electrons. The molecule has 0 aliphatic carbocycles. The van der Waals surface area contributed by atoms with Crippen LogP contribution < -0.4 is 0 Å². The van der Waals surface area contributed by atoms with Crippen LogP contribution >= 0.6 is 21.6 Å². The van der Waals surface area contributed by atoms with Crippen LogP contribution in [0, 0.1) is 0 Å². The minimum atomic E-state index is 0.795. The van der Waals surface area contributed by atoms with Crippen molar-refractivity contribution in [3.63, 3.8) is 0 Å². The third kappa shape index (κ3) is 1.91. The average molecular weight is 224 g/mol. The molecule has 1 heterocycles. The number of hydrogen-bond donors (Lipinski definition) is 0. The Hall–Kier alpha value is -1.01. The highest BCUT2D eigenvalue weighted by molar-refractivity contribution is 8.76. The summed E-state index contributed by atoms with van der Waals surface area (Å²) in [6.07, 6.45) is 1.99. The number of para-hydroxylation sites is 1. The minimum absolute atomic E-state index is 0.795. The highest BCUT2D eigenvalue weighted by Gasteiger charge is 2.06. The molecule has 1 aromatic heterocycles. The van der Waals surface area contributed by atoms with Gasteiger partial charge in [-0.1, -0.05) is 29.0 Å². The topological polar surface area (TPSA) is 43.6 Å². The van der Waals surface area contributed by atoms with Gasteiger partial charge in [0.25, 0.3) is 0 Å². The van der Waals surface area contributed by atoms with E-state index in [1.165, 1.54) is 0 Å². The smallest absolute Gasteiger partial charge is 0.187 e. The molecule has 0 radical (unpaired) electrons. The molecule has 0 amide bonds. The molecule has 14 heavy (non-hydrogen) atoms. The van der Waals surface area contributed by atoms with Crippen LogP contribution in [0.25, 0.3) is 5.69 Å². The van der Waals surface area contributed by atoms with Crippen molar-refractivity contribution in [1.29, 1.82) is 0 Å². The van der Waals surface area contributed by atoms with Crippen molar-refractivity contribution in [1.82, 2.24) is 20.2 Å². The van der Waals surface area contributed by atoms with Crippen LogP contribution in [0.1, 0.15) is 0 Å². The Morgan fingerprint density at radius 1 is 1.21 bits per heavy atom. The quantitative estimate of drug-likeness (QED) is 0.746. The van der Waals surface area contributed by atoms with Gasteiger partial charge in [0.2, 0.25) is 5.16 Å². The molecular weight excluding hydrogens is 216 g/mol. The van der Waals surface area contributed by atoms with E-state index < -0.39 is 0 Å². The summed E-state index contributed by atoms with van der Waals surface area (Å²) in [5, 5.41) is 12.3. The van der Waals surface area contributed by atoms with E-state index in [1.807, 2.05) is 36.6 Å². The van der Waals surface area contributed by atoms with Crippen LogP contribution in [0.2, 0.25) is 0 Å². The Morgan fingerprint density at radius 2 is 2.00 bits per heavy atom. The largest absolute Gasteiger partial charge is 0.224 e. The number of tetrazole rings is 1. The van der Waals surface area contributed by atoms with Crippen molar-refractivity contribution in [3.8, 4) is 5.69 Å². The first-order valence-corrected chi connectivity index (χ1v) is 6.52. The number of nitrogens with zero attached hydrogens (tertiary/aromatic N) is 4. The third-order valence-corrected chi connectivity index (χ3v) is 3.12. The van der Waals surface area contributed by atoms with E-state index in [-0.39, 0.29) is 0 Å². The van der Waals surface area contributed by atoms with Gasteiger partial charge in [-0.2, -0.15) is 4.68 Å². The summed E-state index contributed by atoms with van der Waals surface area (Å²) in [6, 6.07) is 9.84. The summed E-state index contributed by atoms with van der Waals surface area (Å²) in [5.74, 6) is 0. The molecule has 0 fully saturated rings. The molecule has 6 heteroatoms. The molecule has 0 saturated carbocycles. The van der Waals surface area contributed by atoms with E-state index in [2.05, 4.69) is 15.5 Å². The first-order valence-electron chi connectivity index (χ1n) is 3.96. The van der Waals surface area contributed by atoms with Crippen molar-refractivity contribution in [3.05, 3.63) is 30.3 Å². The number of hydrogen-bond acceptors (Lipinski definition) is 5. The zero-order chi connectivity index (χ0) is 9.80. The third-order valence-electron chi connectivity index (χ3n) is 1.60. The van der Waals surface area contributed by atoms with Gasteiger partial charge in [0.05, 0.1) is 5.69 Å². The number of benzene rings is 1. The highest BCUT2D eigenvalue weighted by atomic mass is 33.1. The van der Waals surface area contributed by atoms with Gasteiger partial charge in [-0.25, -0.2) is 0 Å². The molecule has 0 spiro atoms. The van der Waals surface area contributed by atoms with Gasteiger partial charge < -0.3 is 0 Å². The normalized spacial score (nSPS) is 10.4. The molecule has 0 atom stereocenters. The maximum absolute atomic E-state index is 3.93. The molecule has 2 aromatic rings. The second-order valence-corrected chi connectivity index (χ2v) is 4.82. The summed E-state index contributed by atoms with van der Waals surface area (Å²) in [7, 11) is 3.17. The predicted octanol–water partition coefficient (Wildman–Crippen LogP) is 2.03. The molecule has 0 unspecified atom stereocenters. The first-order chi connectivity index (χ1) is 6.92. The second-order valence-electron chi connectivity index (χ2n) is 2.46. The molecule has 1 aromatic carbocycles. The summed E-state index contributed by atoms with van der Waals surface area (Å²) in [4.78, 5) is 0.